The van der Waals surface area contributed by atoms with E-state index in [9.17, 15) is 19.4 Å². The average Bonchev–Trinajstić information content (AvgIpc) is 3.31. The molecule has 412 valence electrons. The monoisotopic (exact) mass is 997 g/mol. The lowest BCUT2D eigenvalue weighted by atomic mass is 10.0. The highest BCUT2D eigenvalue weighted by molar-refractivity contribution is 7.45. The van der Waals surface area contributed by atoms with Gasteiger partial charge in [0.05, 0.1) is 39.9 Å². The topological polar surface area (TPSA) is 108 Å². The number of hydrogen-bond acceptors (Lipinski definition) is 6. The zero-order valence-corrected chi connectivity index (χ0v) is 47.9. The van der Waals surface area contributed by atoms with Gasteiger partial charge in [0.2, 0.25) is 5.91 Å². The van der Waals surface area contributed by atoms with Crippen molar-refractivity contribution in [1.82, 2.24) is 5.32 Å². The van der Waals surface area contributed by atoms with Crippen LogP contribution in [0.1, 0.15) is 316 Å². The van der Waals surface area contributed by atoms with E-state index in [0.717, 1.165) is 38.5 Å². The van der Waals surface area contributed by atoms with E-state index in [2.05, 4.69) is 31.3 Å². The van der Waals surface area contributed by atoms with Crippen molar-refractivity contribution in [2.75, 3.05) is 40.9 Å². The first-order chi connectivity index (χ1) is 33.5. The van der Waals surface area contributed by atoms with Crippen molar-refractivity contribution in [3.05, 3.63) is 12.2 Å². The third-order valence-corrected chi connectivity index (χ3v) is 15.2. The zero-order valence-electron chi connectivity index (χ0n) is 47.0. The van der Waals surface area contributed by atoms with E-state index < -0.39 is 20.0 Å². The summed E-state index contributed by atoms with van der Waals surface area (Å²) in [4.78, 5) is 25.6. The van der Waals surface area contributed by atoms with Gasteiger partial charge in [-0.2, -0.15) is 0 Å². The summed E-state index contributed by atoms with van der Waals surface area (Å²) in [6, 6.07) is -0.798. The average molecular weight is 998 g/mol. The minimum Gasteiger partial charge on any atom is -0.756 e. The normalized spacial score (nSPS) is 13.9. The Morgan fingerprint density at radius 2 is 0.797 bits per heavy atom. The van der Waals surface area contributed by atoms with E-state index >= 15 is 0 Å². The van der Waals surface area contributed by atoms with E-state index in [4.69, 9.17) is 9.05 Å². The molecule has 69 heavy (non-hydrogen) atoms. The number of quaternary nitrogens is 1. The summed E-state index contributed by atoms with van der Waals surface area (Å²) in [5, 5.41) is 14.0. The molecule has 0 heterocycles. The third kappa shape index (κ3) is 54.8. The Bertz CT molecular complexity index is 1130. The van der Waals surface area contributed by atoms with Gasteiger partial charge in [0.1, 0.15) is 13.2 Å². The predicted molar refractivity (Wildman–Crippen MR) is 298 cm³/mol. The number of unbranched alkanes of at least 4 members (excludes halogenated alkanes) is 42. The van der Waals surface area contributed by atoms with Gasteiger partial charge in [-0.25, -0.2) is 0 Å². The summed E-state index contributed by atoms with van der Waals surface area (Å²) in [7, 11) is 1.32. The van der Waals surface area contributed by atoms with Crippen molar-refractivity contribution in [3.8, 4) is 0 Å². The Labute approximate surface area is 431 Å². The highest BCUT2D eigenvalue weighted by atomic mass is 31.2. The molecule has 0 saturated carbocycles. The van der Waals surface area contributed by atoms with Gasteiger partial charge in [-0.1, -0.05) is 283 Å². The molecule has 0 aliphatic carbocycles. The van der Waals surface area contributed by atoms with E-state index in [1.165, 1.54) is 250 Å². The van der Waals surface area contributed by atoms with Gasteiger partial charge in [-0.3, -0.25) is 9.36 Å². The number of allylic oxidation sites excluding steroid dienone is 2. The number of carbonyl (C=O) groups is 1. The van der Waals surface area contributed by atoms with E-state index in [1.54, 1.807) is 0 Å². The predicted octanol–water partition coefficient (Wildman–Crippen LogP) is 18.0. The first-order valence-electron chi connectivity index (χ1n) is 30.5. The number of aliphatic hydroxyl groups excluding tert-OH is 1. The van der Waals surface area contributed by atoms with E-state index in [0.29, 0.717) is 23.9 Å². The summed E-state index contributed by atoms with van der Waals surface area (Å²) < 4.78 is 23.4. The molecular formula is C60H121N2O6P. The molecule has 1 amide bonds. The zero-order chi connectivity index (χ0) is 50.6. The van der Waals surface area contributed by atoms with Crippen molar-refractivity contribution < 1.29 is 32.9 Å². The van der Waals surface area contributed by atoms with Gasteiger partial charge >= 0.3 is 0 Å². The lowest BCUT2D eigenvalue weighted by molar-refractivity contribution is -0.870. The van der Waals surface area contributed by atoms with Gasteiger partial charge in [0.25, 0.3) is 7.82 Å². The number of rotatable bonds is 57. The lowest BCUT2D eigenvalue weighted by Crippen LogP contribution is -2.46. The summed E-state index contributed by atoms with van der Waals surface area (Å²) in [5.41, 5.74) is 0. The Hall–Kier alpha value is -0.760. The van der Waals surface area contributed by atoms with Crippen LogP contribution in [-0.2, 0) is 18.4 Å². The number of aliphatic hydroxyl groups is 1. The minimum absolute atomic E-state index is 0.0150. The number of nitrogens with one attached hydrogen (secondary N) is 1. The number of hydrogen-bond donors (Lipinski definition) is 2. The fraction of sp³-hybridized carbons (Fsp3) is 0.950. The quantitative estimate of drug-likeness (QED) is 0.0272. The molecule has 0 saturated heterocycles. The van der Waals surface area contributed by atoms with E-state index in [1.807, 2.05) is 21.1 Å². The van der Waals surface area contributed by atoms with Gasteiger partial charge in [0, 0.05) is 6.42 Å². The Balaban J connectivity index is 4.06. The molecule has 9 heteroatoms. The van der Waals surface area contributed by atoms with Crippen molar-refractivity contribution in [3.63, 3.8) is 0 Å². The number of carbonyl (C=O) groups excluding carboxylic acids is 1. The first kappa shape index (κ1) is 68.2. The lowest BCUT2D eigenvalue weighted by Gasteiger charge is -2.30. The molecular weight excluding hydrogens is 876 g/mol. The SMILES string of the molecule is CCCCCCCCCCCCCC/C=C\CCCCCCCCCCCCCCCC(=O)NC(COP(=O)([O-])OCC[N+](C)(C)C)C(O)CCCCCCCCCCCCCCCCCCCC. The maximum Gasteiger partial charge on any atom is 0.268 e. The van der Waals surface area contributed by atoms with Crippen LogP contribution in [0.5, 0.6) is 0 Å². The molecule has 0 fully saturated rings. The number of phosphoric ester groups is 1. The van der Waals surface area contributed by atoms with Gasteiger partial charge in [-0.05, 0) is 38.5 Å². The minimum atomic E-state index is -4.57. The largest absolute Gasteiger partial charge is 0.756 e. The van der Waals surface area contributed by atoms with Crippen LogP contribution in [0.2, 0.25) is 0 Å². The Morgan fingerprint density at radius 1 is 0.493 bits per heavy atom. The number of nitrogens with zero attached hydrogens (tertiary/aromatic N) is 1. The summed E-state index contributed by atoms with van der Waals surface area (Å²) in [6.45, 7) is 4.77. The summed E-state index contributed by atoms with van der Waals surface area (Å²) in [6.07, 6.45) is 64.0. The molecule has 3 unspecified atom stereocenters. The van der Waals surface area contributed by atoms with Crippen LogP contribution < -0.4 is 10.2 Å². The van der Waals surface area contributed by atoms with E-state index in [-0.39, 0.29) is 19.1 Å². The van der Waals surface area contributed by atoms with Crippen LogP contribution in [0.4, 0.5) is 0 Å². The van der Waals surface area contributed by atoms with Crippen molar-refractivity contribution in [2.45, 2.75) is 328 Å². The summed E-state index contributed by atoms with van der Waals surface area (Å²) >= 11 is 0. The second-order valence-electron chi connectivity index (χ2n) is 22.4. The van der Waals surface area contributed by atoms with Crippen LogP contribution in [0, 0.1) is 0 Å². The molecule has 8 nitrogen and oxygen atoms in total. The molecule has 0 spiro atoms. The second kappa shape index (κ2) is 52.1. The number of phosphoric acid groups is 1. The third-order valence-electron chi connectivity index (χ3n) is 14.3. The smallest absolute Gasteiger partial charge is 0.268 e. The van der Waals surface area contributed by atoms with Gasteiger partial charge in [-0.15, -0.1) is 0 Å². The van der Waals surface area contributed by atoms with Crippen LogP contribution in [0.15, 0.2) is 12.2 Å². The molecule has 0 aliphatic heterocycles. The molecule has 0 aromatic carbocycles. The highest BCUT2D eigenvalue weighted by Gasteiger charge is 2.24. The molecule has 0 aromatic rings. The van der Waals surface area contributed by atoms with Crippen LogP contribution >= 0.6 is 7.82 Å². The van der Waals surface area contributed by atoms with Crippen molar-refractivity contribution in [1.29, 1.82) is 0 Å². The first-order valence-corrected chi connectivity index (χ1v) is 32.0. The fourth-order valence-electron chi connectivity index (χ4n) is 9.45. The Kier molecular flexibility index (Phi) is 51.5. The van der Waals surface area contributed by atoms with Crippen molar-refractivity contribution in [2.24, 2.45) is 0 Å². The van der Waals surface area contributed by atoms with Gasteiger partial charge < -0.3 is 28.8 Å². The van der Waals surface area contributed by atoms with Crippen LogP contribution in [-0.4, -0.2) is 68.5 Å². The van der Waals surface area contributed by atoms with Crippen LogP contribution in [0.3, 0.4) is 0 Å². The molecule has 0 aromatic heterocycles. The Morgan fingerprint density at radius 3 is 1.13 bits per heavy atom. The maximum absolute atomic E-state index is 13.0. The maximum atomic E-state index is 13.0. The summed E-state index contributed by atoms with van der Waals surface area (Å²) in [5.74, 6) is -0.159. The second-order valence-corrected chi connectivity index (χ2v) is 23.8. The highest BCUT2D eigenvalue weighted by Crippen LogP contribution is 2.38. The molecule has 0 bridgehead atoms. The molecule has 2 N–H and O–H groups in total. The van der Waals surface area contributed by atoms with Crippen molar-refractivity contribution >= 4 is 13.7 Å². The number of likely N-dealkylation sites (N-methyl/N-ethyl adjacent to an activating group) is 1. The number of amides is 1. The fourth-order valence-corrected chi connectivity index (χ4v) is 10.2. The molecule has 0 rings (SSSR count). The molecule has 3 atom stereocenters. The molecule has 0 aliphatic rings. The molecule has 0 radical (unpaired) electrons. The van der Waals surface area contributed by atoms with Crippen LogP contribution in [0.25, 0.3) is 0 Å². The standard InChI is InChI=1S/C60H121N2O6P/c1-6-8-10-12-14-16-18-20-22-24-26-27-28-29-30-31-32-33-34-35-36-38-40-42-44-46-48-50-52-54-60(64)61-58(57-68-69(65,66)67-56-55-62(3,4)5)59(63)53-51-49-47-45-43-41-39-37-25-23-21-19-17-15-13-11-9-7-2/h29-30,58-59,63H,6-28,31-57H2,1-5H3,(H-,61,64,65,66)/b30-29-. The van der Waals surface area contributed by atoms with Gasteiger partial charge in [0.15, 0.2) is 0 Å².